The molecule has 0 bridgehead atoms. The quantitative estimate of drug-likeness (QED) is 0.578. The van der Waals surface area contributed by atoms with E-state index in [1.54, 1.807) is 14.0 Å². The number of aliphatic carboxylic acids is 1. The van der Waals surface area contributed by atoms with Crippen molar-refractivity contribution >= 4 is 5.97 Å². The van der Waals surface area contributed by atoms with Crippen molar-refractivity contribution in [2.75, 3.05) is 33.4 Å². The Labute approximate surface area is 110 Å². The highest BCUT2D eigenvalue weighted by atomic mass is 16.5. The molecule has 0 aromatic rings. The van der Waals surface area contributed by atoms with Gasteiger partial charge in [0.2, 0.25) is 0 Å². The second-order valence-corrected chi connectivity index (χ2v) is 4.77. The maximum atomic E-state index is 11.3. The van der Waals surface area contributed by atoms with Gasteiger partial charge in [0.25, 0.3) is 0 Å². The van der Waals surface area contributed by atoms with Crippen molar-refractivity contribution in [2.24, 2.45) is 0 Å². The maximum absolute atomic E-state index is 11.3. The number of nitrogens with zero attached hydrogens (tertiary/aromatic N) is 1. The highest BCUT2D eigenvalue weighted by Gasteiger charge is 2.34. The van der Waals surface area contributed by atoms with Crippen molar-refractivity contribution in [2.45, 2.75) is 45.7 Å². The molecule has 0 saturated heterocycles. The van der Waals surface area contributed by atoms with Crippen LogP contribution in [0.25, 0.3) is 0 Å². The average molecular weight is 260 g/mol. The van der Waals surface area contributed by atoms with Gasteiger partial charge in [-0.2, -0.15) is 0 Å². The van der Waals surface area contributed by atoms with Crippen LogP contribution in [0.1, 0.15) is 34.1 Å². The van der Waals surface area contributed by atoms with Crippen LogP contribution in [0.3, 0.4) is 0 Å². The third kappa shape index (κ3) is 5.33. The van der Waals surface area contributed by atoms with Gasteiger partial charge in [0.15, 0.2) is 0 Å². The Morgan fingerprint density at radius 1 is 1.50 bits per heavy atom. The normalized spacial score (nSPS) is 16.6. The van der Waals surface area contributed by atoms with Crippen molar-refractivity contribution < 1.29 is 14.6 Å². The minimum absolute atomic E-state index is 0.198. The average Bonchev–Trinajstić information content (AvgIpc) is 2.34. The number of hydrogen-bond acceptors (Lipinski definition) is 4. The first-order valence-corrected chi connectivity index (χ1v) is 6.65. The Kier molecular flexibility index (Phi) is 8.15. The second kappa shape index (κ2) is 8.45. The molecule has 0 fully saturated rings. The molecular formula is C13H28N2O3. The minimum atomic E-state index is -0.877. The molecule has 2 atom stereocenters. The molecule has 2 unspecified atom stereocenters. The fourth-order valence-electron chi connectivity index (χ4n) is 2.03. The van der Waals surface area contributed by atoms with E-state index in [1.165, 1.54) is 0 Å². The summed E-state index contributed by atoms with van der Waals surface area (Å²) in [6.45, 7) is 11.0. The molecule has 5 nitrogen and oxygen atoms in total. The van der Waals surface area contributed by atoms with Crippen LogP contribution < -0.4 is 5.32 Å². The number of nitrogens with one attached hydrogen (secondary N) is 1. The van der Waals surface area contributed by atoms with Gasteiger partial charge >= 0.3 is 5.97 Å². The number of ether oxygens (including phenoxy) is 1. The van der Waals surface area contributed by atoms with E-state index in [2.05, 4.69) is 24.1 Å². The van der Waals surface area contributed by atoms with Crippen molar-refractivity contribution in [1.82, 2.24) is 10.2 Å². The molecule has 18 heavy (non-hydrogen) atoms. The summed E-state index contributed by atoms with van der Waals surface area (Å²) in [5, 5.41) is 12.1. The number of rotatable bonds is 10. The second-order valence-electron chi connectivity index (χ2n) is 4.77. The zero-order valence-electron chi connectivity index (χ0n) is 12.3. The molecule has 0 aliphatic carbocycles. The van der Waals surface area contributed by atoms with E-state index in [1.807, 2.05) is 6.92 Å². The first-order valence-electron chi connectivity index (χ1n) is 6.65. The number of carboxylic acids is 1. The molecule has 5 heteroatoms. The molecule has 0 aliphatic rings. The van der Waals surface area contributed by atoms with Gasteiger partial charge in [0.05, 0.1) is 6.61 Å². The number of hydrogen-bond donors (Lipinski definition) is 2. The van der Waals surface area contributed by atoms with Crippen LogP contribution in [0.2, 0.25) is 0 Å². The van der Waals surface area contributed by atoms with Gasteiger partial charge in [-0.05, 0) is 40.8 Å². The van der Waals surface area contributed by atoms with E-state index >= 15 is 0 Å². The lowest BCUT2D eigenvalue weighted by atomic mass is 9.93. The highest BCUT2D eigenvalue weighted by molar-refractivity contribution is 5.78. The summed E-state index contributed by atoms with van der Waals surface area (Å²) in [5.41, 5.74) is -0.877. The lowest BCUT2D eigenvalue weighted by molar-refractivity contribution is -0.144. The van der Waals surface area contributed by atoms with E-state index < -0.39 is 11.5 Å². The topological polar surface area (TPSA) is 61.8 Å². The first kappa shape index (κ1) is 17.4. The minimum Gasteiger partial charge on any atom is -0.480 e. The van der Waals surface area contributed by atoms with E-state index in [-0.39, 0.29) is 6.04 Å². The summed E-state index contributed by atoms with van der Waals surface area (Å²) in [6.07, 6.45) is 0.568. The molecule has 108 valence electrons. The zero-order chi connectivity index (χ0) is 14.2. The Hall–Kier alpha value is -0.650. The molecule has 0 aliphatic heterocycles. The third-order valence-electron chi connectivity index (χ3n) is 3.48. The summed E-state index contributed by atoms with van der Waals surface area (Å²) in [5.74, 6) is -0.808. The van der Waals surface area contributed by atoms with Gasteiger partial charge in [0.1, 0.15) is 5.54 Å². The van der Waals surface area contributed by atoms with E-state index in [0.29, 0.717) is 13.0 Å². The van der Waals surface area contributed by atoms with Gasteiger partial charge in [0, 0.05) is 19.2 Å². The summed E-state index contributed by atoms with van der Waals surface area (Å²) in [6, 6.07) is 0.198. The van der Waals surface area contributed by atoms with Crippen molar-refractivity contribution in [1.29, 1.82) is 0 Å². The van der Waals surface area contributed by atoms with E-state index in [4.69, 9.17) is 4.74 Å². The summed E-state index contributed by atoms with van der Waals surface area (Å²) in [4.78, 5) is 13.5. The van der Waals surface area contributed by atoms with Crippen molar-refractivity contribution in [3.8, 4) is 0 Å². The Morgan fingerprint density at radius 3 is 2.50 bits per heavy atom. The summed E-state index contributed by atoms with van der Waals surface area (Å²) < 4.78 is 5.35. The highest BCUT2D eigenvalue weighted by Crippen LogP contribution is 2.16. The third-order valence-corrected chi connectivity index (χ3v) is 3.48. The molecular weight excluding hydrogens is 232 g/mol. The van der Waals surface area contributed by atoms with Crippen LogP contribution in [0.15, 0.2) is 0 Å². The Balaban J connectivity index is 4.41. The van der Waals surface area contributed by atoms with Crippen LogP contribution in [-0.2, 0) is 9.53 Å². The summed E-state index contributed by atoms with van der Waals surface area (Å²) >= 11 is 0. The lowest BCUT2D eigenvalue weighted by Gasteiger charge is -2.34. The Morgan fingerprint density at radius 2 is 2.11 bits per heavy atom. The smallest absolute Gasteiger partial charge is 0.323 e. The zero-order valence-corrected chi connectivity index (χ0v) is 12.3. The monoisotopic (exact) mass is 260 g/mol. The molecule has 0 heterocycles. The predicted octanol–water partition coefficient (Wildman–Crippen LogP) is 1.19. The molecule has 2 N–H and O–H groups in total. The van der Waals surface area contributed by atoms with Gasteiger partial charge in [-0.1, -0.05) is 6.92 Å². The predicted molar refractivity (Wildman–Crippen MR) is 72.9 cm³/mol. The van der Waals surface area contributed by atoms with E-state index in [9.17, 15) is 9.90 Å². The molecule has 0 spiro atoms. The SMILES string of the molecule is CCOCCN(CC)C(C)CC(C)(NC)C(=O)O. The van der Waals surface area contributed by atoms with Crippen LogP contribution in [-0.4, -0.2) is 60.9 Å². The molecule has 0 saturated carbocycles. The van der Waals surface area contributed by atoms with Crippen LogP contribution >= 0.6 is 0 Å². The van der Waals surface area contributed by atoms with Gasteiger partial charge < -0.3 is 15.2 Å². The lowest BCUT2D eigenvalue weighted by Crippen LogP contribution is -2.52. The van der Waals surface area contributed by atoms with Crippen LogP contribution in [0.5, 0.6) is 0 Å². The first-order chi connectivity index (χ1) is 8.41. The maximum Gasteiger partial charge on any atom is 0.323 e. The Bertz CT molecular complexity index is 248. The fraction of sp³-hybridized carbons (Fsp3) is 0.923. The standard InChI is InChI=1S/C13H28N2O3/c1-6-15(8-9-18-7-2)11(3)10-13(4,14-5)12(16)17/h11,14H,6-10H2,1-5H3,(H,16,17). The van der Waals surface area contributed by atoms with Gasteiger partial charge in [-0.3, -0.25) is 9.69 Å². The van der Waals surface area contributed by atoms with Gasteiger partial charge in [-0.25, -0.2) is 0 Å². The summed E-state index contributed by atoms with van der Waals surface area (Å²) in [7, 11) is 1.69. The van der Waals surface area contributed by atoms with Crippen LogP contribution in [0.4, 0.5) is 0 Å². The molecule has 0 radical (unpaired) electrons. The fourth-order valence-corrected chi connectivity index (χ4v) is 2.03. The number of likely N-dealkylation sites (N-methyl/N-ethyl adjacent to an activating group) is 2. The molecule has 0 amide bonds. The largest absolute Gasteiger partial charge is 0.480 e. The molecule has 0 aromatic heterocycles. The van der Waals surface area contributed by atoms with Crippen molar-refractivity contribution in [3.05, 3.63) is 0 Å². The van der Waals surface area contributed by atoms with E-state index in [0.717, 1.165) is 19.7 Å². The number of carboxylic acid groups (broad SMARTS) is 1. The van der Waals surface area contributed by atoms with Gasteiger partial charge in [-0.15, -0.1) is 0 Å². The number of carbonyl (C=O) groups is 1. The van der Waals surface area contributed by atoms with Crippen molar-refractivity contribution in [3.63, 3.8) is 0 Å². The van der Waals surface area contributed by atoms with Crippen LogP contribution in [0, 0.1) is 0 Å². The molecule has 0 rings (SSSR count). The molecule has 0 aromatic carbocycles.